The Bertz CT molecular complexity index is 876. The highest BCUT2D eigenvalue weighted by Gasteiger charge is 2.08. The first-order valence-electron chi connectivity index (χ1n) is 7.53. The fourth-order valence-electron chi connectivity index (χ4n) is 2.68. The molecular weight excluding hydrogens is 308 g/mol. The molecule has 0 unspecified atom stereocenters. The third-order valence-electron chi connectivity index (χ3n) is 3.89. The van der Waals surface area contributed by atoms with Gasteiger partial charge in [0, 0.05) is 20.0 Å². The fourth-order valence-corrected chi connectivity index (χ4v) is 2.92. The van der Waals surface area contributed by atoms with Crippen molar-refractivity contribution in [2.45, 2.75) is 12.8 Å². The first kappa shape index (κ1) is 15.4. The lowest BCUT2D eigenvalue weighted by Crippen LogP contribution is -2.07. The summed E-state index contributed by atoms with van der Waals surface area (Å²) < 4.78 is 2.13. The van der Waals surface area contributed by atoms with Gasteiger partial charge >= 0.3 is 0 Å². The Kier molecular flexibility index (Phi) is 4.50. The summed E-state index contributed by atoms with van der Waals surface area (Å²) in [6, 6.07) is 15.6. The van der Waals surface area contributed by atoms with E-state index in [1.807, 2.05) is 25.2 Å². The molecule has 3 rings (SSSR count). The van der Waals surface area contributed by atoms with Gasteiger partial charge in [-0.25, -0.2) is 4.98 Å². The van der Waals surface area contributed by atoms with Crippen LogP contribution < -0.4 is 5.32 Å². The molecule has 0 bridgehead atoms. The van der Waals surface area contributed by atoms with Crippen molar-refractivity contribution in [1.82, 2.24) is 9.55 Å². The molecule has 0 saturated carbocycles. The monoisotopic (exact) mass is 324 g/mol. The van der Waals surface area contributed by atoms with Gasteiger partial charge in [0.05, 0.1) is 27.3 Å². The van der Waals surface area contributed by atoms with E-state index >= 15 is 0 Å². The van der Waals surface area contributed by atoms with Gasteiger partial charge in [-0.05, 0) is 30.7 Å². The van der Waals surface area contributed by atoms with Crippen molar-refractivity contribution in [3.8, 4) is 6.07 Å². The van der Waals surface area contributed by atoms with Crippen molar-refractivity contribution in [2.24, 2.45) is 7.05 Å². The normalized spacial score (nSPS) is 10.7. The van der Waals surface area contributed by atoms with Gasteiger partial charge in [-0.15, -0.1) is 0 Å². The summed E-state index contributed by atoms with van der Waals surface area (Å²) in [6.45, 7) is 0.738. The third-order valence-corrected chi connectivity index (χ3v) is 4.21. The molecule has 0 radical (unpaired) electrons. The zero-order valence-corrected chi connectivity index (χ0v) is 13.6. The van der Waals surface area contributed by atoms with Gasteiger partial charge < -0.3 is 9.88 Å². The molecule has 1 aromatic heterocycles. The molecule has 0 spiro atoms. The lowest BCUT2D eigenvalue weighted by molar-refractivity contribution is 0.753. The average molecular weight is 325 g/mol. The molecule has 2 aromatic carbocycles. The van der Waals surface area contributed by atoms with E-state index in [9.17, 15) is 0 Å². The molecule has 0 saturated heterocycles. The fraction of sp³-hybridized carbons (Fsp3) is 0.222. The van der Waals surface area contributed by atoms with E-state index in [0.717, 1.165) is 36.2 Å². The number of benzene rings is 2. The number of aryl methyl sites for hydroxylation is 2. The van der Waals surface area contributed by atoms with E-state index in [-0.39, 0.29) is 0 Å². The van der Waals surface area contributed by atoms with Crippen LogP contribution in [0.5, 0.6) is 0 Å². The Morgan fingerprint density at radius 2 is 2.04 bits per heavy atom. The molecular formula is C18H17ClN4. The minimum absolute atomic E-state index is 0.570. The number of anilines is 1. The zero-order chi connectivity index (χ0) is 16.2. The largest absolute Gasteiger partial charge is 0.383 e. The Balaban J connectivity index is 1.64. The average Bonchev–Trinajstić information content (AvgIpc) is 2.89. The Morgan fingerprint density at radius 1 is 1.22 bits per heavy atom. The number of aromatic nitrogens is 2. The van der Waals surface area contributed by atoms with Crippen LogP contribution in [-0.4, -0.2) is 16.1 Å². The van der Waals surface area contributed by atoms with Crippen LogP contribution in [0.3, 0.4) is 0 Å². The minimum Gasteiger partial charge on any atom is -0.383 e. The molecule has 0 aliphatic carbocycles. The molecule has 23 heavy (non-hydrogen) atoms. The predicted molar refractivity (Wildman–Crippen MR) is 93.7 cm³/mol. The number of imidazole rings is 1. The standard InChI is InChI=1S/C18H17ClN4/c1-23-16-9-3-2-8-15(16)22-17(23)10-5-11-21-18-13(12-20)6-4-7-14(18)19/h2-4,6-9,21H,5,10-11H2,1H3. The molecule has 0 amide bonds. The van der Waals surface area contributed by atoms with Crippen LogP contribution in [-0.2, 0) is 13.5 Å². The molecule has 5 heteroatoms. The quantitative estimate of drug-likeness (QED) is 0.717. The molecule has 1 N–H and O–H groups in total. The number of nitriles is 1. The summed E-state index contributed by atoms with van der Waals surface area (Å²) in [5.74, 6) is 1.06. The maximum atomic E-state index is 9.13. The highest BCUT2D eigenvalue weighted by molar-refractivity contribution is 6.33. The highest BCUT2D eigenvalue weighted by Crippen LogP contribution is 2.25. The van der Waals surface area contributed by atoms with Crippen molar-refractivity contribution in [3.05, 3.63) is 58.9 Å². The lowest BCUT2D eigenvalue weighted by Gasteiger charge is -2.10. The van der Waals surface area contributed by atoms with Gasteiger partial charge in [0.1, 0.15) is 11.9 Å². The van der Waals surface area contributed by atoms with Crippen molar-refractivity contribution >= 4 is 28.3 Å². The van der Waals surface area contributed by atoms with Crippen molar-refractivity contribution < 1.29 is 0 Å². The van der Waals surface area contributed by atoms with Crippen LogP contribution in [0.1, 0.15) is 17.8 Å². The second-order valence-electron chi connectivity index (χ2n) is 5.38. The van der Waals surface area contributed by atoms with Gasteiger partial charge in [-0.2, -0.15) is 5.26 Å². The van der Waals surface area contributed by atoms with Crippen LogP contribution in [0.4, 0.5) is 5.69 Å². The summed E-state index contributed by atoms with van der Waals surface area (Å²) in [6.07, 6.45) is 1.78. The molecule has 0 aliphatic heterocycles. The van der Waals surface area contributed by atoms with Crippen LogP contribution in [0.15, 0.2) is 42.5 Å². The van der Waals surface area contributed by atoms with Crippen molar-refractivity contribution in [3.63, 3.8) is 0 Å². The molecule has 116 valence electrons. The lowest BCUT2D eigenvalue weighted by atomic mass is 10.2. The summed E-state index contributed by atoms with van der Waals surface area (Å²) in [5, 5.41) is 13.0. The number of rotatable bonds is 5. The number of para-hydroxylation sites is 3. The second-order valence-corrected chi connectivity index (χ2v) is 5.79. The zero-order valence-electron chi connectivity index (χ0n) is 12.9. The Hall–Kier alpha value is -2.51. The summed E-state index contributed by atoms with van der Waals surface area (Å²) in [7, 11) is 2.04. The van der Waals surface area contributed by atoms with Crippen LogP contribution >= 0.6 is 11.6 Å². The van der Waals surface area contributed by atoms with Gasteiger partial charge in [0.2, 0.25) is 0 Å². The van der Waals surface area contributed by atoms with Gasteiger partial charge in [0.25, 0.3) is 0 Å². The molecule has 3 aromatic rings. The predicted octanol–water partition coefficient (Wildman–Crippen LogP) is 4.14. The van der Waals surface area contributed by atoms with Crippen molar-refractivity contribution in [2.75, 3.05) is 11.9 Å². The van der Waals surface area contributed by atoms with E-state index in [1.165, 1.54) is 0 Å². The number of nitrogens with zero attached hydrogens (tertiary/aromatic N) is 3. The minimum atomic E-state index is 0.570. The maximum Gasteiger partial charge on any atom is 0.109 e. The summed E-state index contributed by atoms with van der Waals surface area (Å²) >= 11 is 6.15. The second kappa shape index (κ2) is 6.72. The topological polar surface area (TPSA) is 53.6 Å². The van der Waals surface area contributed by atoms with Crippen molar-refractivity contribution in [1.29, 1.82) is 5.26 Å². The van der Waals surface area contributed by atoms with E-state index in [1.54, 1.807) is 18.2 Å². The third kappa shape index (κ3) is 3.15. The smallest absolute Gasteiger partial charge is 0.109 e. The SMILES string of the molecule is Cn1c(CCCNc2c(Cl)cccc2C#N)nc2ccccc21. The van der Waals surface area contributed by atoms with Gasteiger partial charge in [-0.1, -0.05) is 29.8 Å². The number of fused-ring (bicyclic) bond motifs is 1. The highest BCUT2D eigenvalue weighted by atomic mass is 35.5. The van der Waals surface area contributed by atoms with E-state index in [0.29, 0.717) is 16.3 Å². The van der Waals surface area contributed by atoms with Crippen LogP contribution in [0.25, 0.3) is 11.0 Å². The van der Waals surface area contributed by atoms with Gasteiger partial charge in [-0.3, -0.25) is 0 Å². The maximum absolute atomic E-state index is 9.13. The van der Waals surface area contributed by atoms with Gasteiger partial charge in [0.15, 0.2) is 0 Å². The Morgan fingerprint density at radius 3 is 2.83 bits per heavy atom. The number of nitrogens with one attached hydrogen (secondary N) is 1. The number of hydrogen-bond acceptors (Lipinski definition) is 3. The molecule has 0 aliphatic rings. The van der Waals surface area contributed by atoms with E-state index < -0.39 is 0 Å². The molecule has 0 fully saturated rings. The molecule has 4 nitrogen and oxygen atoms in total. The molecule has 0 atom stereocenters. The summed E-state index contributed by atoms with van der Waals surface area (Å²) in [4.78, 5) is 4.66. The first-order chi connectivity index (χ1) is 11.2. The number of hydrogen-bond donors (Lipinski definition) is 1. The van der Waals surface area contributed by atoms with Crippen LogP contribution in [0.2, 0.25) is 5.02 Å². The number of halogens is 1. The van der Waals surface area contributed by atoms with E-state index in [4.69, 9.17) is 16.9 Å². The van der Waals surface area contributed by atoms with Crippen LogP contribution in [0, 0.1) is 11.3 Å². The Labute approximate surface area is 140 Å². The van der Waals surface area contributed by atoms with E-state index in [2.05, 4.69) is 27.0 Å². The molecule has 1 heterocycles. The first-order valence-corrected chi connectivity index (χ1v) is 7.91. The summed E-state index contributed by atoms with van der Waals surface area (Å²) in [5.41, 5.74) is 3.45.